The van der Waals surface area contributed by atoms with Crippen molar-refractivity contribution in [3.8, 4) is 17.2 Å². The molecule has 0 spiro atoms. The molecule has 0 aliphatic rings. The summed E-state index contributed by atoms with van der Waals surface area (Å²) in [4.78, 5) is 4.27. The van der Waals surface area contributed by atoms with Crippen LogP contribution in [0.15, 0.2) is 47.4 Å². The first-order chi connectivity index (χ1) is 9.56. The molecular weight excluding hydrogens is 325 g/mol. The SMILES string of the molecule is C=C(Br)c1cccc2nc(-c3ccc(O)cc3F)oc12. The van der Waals surface area contributed by atoms with Crippen LogP contribution in [0, 0.1) is 5.82 Å². The van der Waals surface area contributed by atoms with Gasteiger partial charge in [0.2, 0.25) is 5.89 Å². The van der Waals surface area contributed by atoms with Gasteiger partial charge in [-0.3, -0.25) is 0 Å². The molecule has 0 atom stereocenters. The van der Waals surface area contributed by atoms with E-state index in [2.05, 4.69) is 27.5 Å². The summed E-state index contributed by atoms with van der Waals surface area (Å²) in [7, 11) is 0. The second-order valence-corrected chi connectivity index (χ2v) is 5.20. The molecule has 2 aromatic carbocycles. The van der Waals surface area contributed by atoms with Gasteiger partial charge in [-0.05, 0) is 24.3 Å². The molecule has 20 heavy (non-hydrogen) atoms. The lowest BCUT2D eigenvalue weighted by Gasteiger charge is -1.99. The molecule has 0 aliphatic heterocycles. The van der Waals surface area contributed by atoms with Gasteiger partial charge in [-0.25, -0.2) is 9.37 Å². The number of fused-ring (bicyclic) bond motifs is 1. The van der Waals surface area contributed by atoms with Gasteiger partial charge < -0.3 is 9.52 Å². The standard InChI is InChI=1S/C15H9BrFNO2/c1-8(16)10-3-2-4-13-14(10)20-15(18-13)11-6-5-9(19)7-12(11)17/h2-7,19H,1H2. The molecule has 5 heteroatoms. The zero-order chi connectivity index (χ0) is 14.3. The number of phenols is 1. The molecule has 0 bridgehead atoms. The maximum Gasteiger partial charge on any atom is 0.230 e. The number of nitrogens with zero attached hydrogens (tertiary/aromatic N) is 1. The lowest BCUT2D eigenvalue weighted by atomic mass is 10.2. The second-order valence-electron chi connectivity index (χ2n) is 4.24. The number of hydrogen-bond donors (Lipinski definition) is 1. The van der Waals surface area contributed by atoms with E-state index >= 15 is 0 Å². The highest BCUT2D eigenvalue weighted by molar-refractivity contribution is 9.15. The van der Waals surface area contributed by atoms with E-state index in [-0.39, 0.29) is 17.2 Å². The first-order valence-electron chi connectivity index (χ1n) is 5.79. The average molecular weight is 334 g/mol. The Balaban J connectivity index is 2.23. The minimum Gasteiger partial charge on any atom is -0.508 e. The molecule has 3 aromatic rings. The maximum absolute atomic E-state index is 13.8. The summed E-state index contributed by atoms with van der Waals surface area (Å²) in [5, 5.41) is 9.23. The number of para-hydroxylation sites is 1. The Morgan fingerprint density at radius 3 is 2.80 bits per heavy atom. The van der Waals surface area contributed by atoms with Gasteiger partial charge in [0.25, 0.3) is 0 Å². The summed E-state index contributed by atoms with van der Waals surface area (Å²) in [5.41, 5.74) is 2.12. The van der Waals surface area contributed by atoms with Crippen LogP contribution in [0.2, 0.25) is 0 Å². The summed E-state index contributed by atoms with van der Waals surface area (Å²) in [6.45, 7) is 3.81. The Bertz CT molecular complexity index is 826. The Kier molecular flexibility index (Phi) is 3.06. The van der Waals surface area contributed by atoms with Crippen molar-refractivity contribution in [2.75, 3.05) is 0 Å². The topological polar surface area (TPSA) is 46.3 Å². The van der Waals surface area contributed by atoms with Crippen LogP contribution >= 0.6 is 15.9 Å². The van der Waals surface area contributed by atoms with Gasteiger partial charge in [0.1, 0.15) is 17.1 Å². The number of oxazole rings is 1. The van der Waals surface area contributed by atoms with Crippen LogP contribution in [0.1, 0.15) is 5.56 Å². The minimum atomic E-state index is -0.587. The third kappa shape index (κ3) is 2.10. The smallest absolute Gasteiger partial charge is 0.230 e. The number of phenolic OH excluding ortho intramolecular Hbond substituents is 1. The highest BCUT2D eigenvalue weighted by Crippen LogP contribution is 2.32. The molecule has 3 rings (SSSR count). The molecule has 0 saturated carbocycles. The van der Waals surface area contributed by atoms with Crippen molar-refractivity contribution in [1.29, 1.82) is 0 Å². The highest BCUT2D eigenvalue weighted by Gasteiger charge is 2.15. The second kappa shape index (κ2) is 4.76. The van der Waals surface area contributed by atoms with E-state index in [1.165, 1.54) is 12.1 Å². The first kappa shape index (κ1) is 12.9. The molecular formula is C15H9BrFNO2. The Morgan fingerprint density at radius 2 is 2.10 bits per heavy atom. The largest absolute Gasteiger partial charge is 0.508 e. The summed E-state index contributed by atoms with van der Waals surface area (Å²) in [5.74, 6) is -0.564. The van der Waals surface area contributed by atoms with Crippen molar-refractivity contribution in [3.63, 3.8) is 0 Å². The number of aromatic nitrogens is 1. The molecule has 1 heterocycles. The lowest BCUT2D eigenvalue weighted by Crippen LogP contribution is -1.83. The van der Waals surface area contributed by atoms with Crippen molar-refractivity contribution in [2.45, 2.75) is 0 Å². The van der Waals surface area contributed by atoms with E-state index in [1.807, 2.05) is 12.1 Å². The first-order valence-corrected chi connectivity index (χ1v) is 6.59. The van der Waals surface area contributed by atoms with Crippen LogP contribution in [0.4, 0.5) is 4.39 Å². The Hall–Kier alpha value is -2.14. The fraction of sp³-hybridized carbons (Fsp3) is 0. The van der Waals surface area contributed by atoms with Gasteiger partial charge >= 0.3 is 0 Å². The van der Waals surface area contributed by atoms with E-state index in [0.29, 0.717) is 15.6 Å². The minimum absolute atomic E-state index is 0.142. The third-order valence-electron chi connectivity index (χ3n) is 2.89. The van der Waals surface area contributed by atoms with Crippen molar-refractivity contribution in [1.82, 2.24) is 4.98 Å². The van der Waals surface area contributed by atoms with Crippen molar-refractivity contribution < 1.29 is 13.9 Å². The van der Waals surface area contributed by atoms with Gasteiger partial charge in [0, 0.05) is 16.1 Å². The van der Waals surface area contributed by atoms with Crippen LogP contribution in [0.5, 0.6) is 5.75 Å². The van der Waals surface area contributed by atoms with Gasteiger partial charge in [-0.2, -0.15) is 0 Å². The number of hydrogen-bond acceptors (Lipinski definition) is 3. The van der Waals surface area contributed by atoms with Crippen molar-refractivity contribution in [3.05, 3.63) is 54.4 Å². The number of halogens is 2. The summed E-state index contributed by atoms with van der Waals surface area (Å²) in [6, 6.07) is 9.27. The number of rotatable bonds is 2. The fourth-order valence-corrected chi connectivity index (χ4v) is 2.27. The maximum atomic E-state index is 13.8. The predicted octanol–water partition coefficient (Wildman–Crippen LogP) is 4.71. The van der Waals surface area contributed by atoms with Gasteiger partial charge in [-0.1, -0.05) is 28.6 Å². The summed E-state index contributed by atoms with van der Waals surface area (Å²) >= 11 is 3.30. The van der Waals surface area contributed by atoms with E-state index in [0.717, 1.165) is 11.6 Å². The fourth-order valence-electron chi connectivity index (χ4n) is 1.96. The highest BCUT2D eigenvalue weighted by atomic mass is 79.9. The predicted molar refractivity (Wildman–Crippen MR) is 79.0 cm³/mol. The summed E-state index contributed by atoms with van der Waals surface area (Å²) in [6.07, 6.45) is 0. The molecule has 1 N–H and O–H groups in total. The van der Waals surface area contributed by atoms with Gasteiger partial charge in [0.15, 0.2) is 5.58 Å². The number of benzene rings is 2. The Labute approximate surface area is 122 Å². The molecule has 0 amide bonds. The zero-order valence-corrected chi connectivity index (χ0v) is 11.8. The molecule has 100 valence electrons. The zero-order valence-electron chi connectivity index (χ0n) is 10.2. The molecule has 0 aliphatic carbocycles. The third-order valence-corrected chi connectivity index (χ3v) is 3.32. The van der Waals surface area contributed by atoms with E-state index < -0.39 is 5.82 Å². The van der Waals surface area contributed by atoms with E-state index in [9.17, 15) is 9.50 Å². The summed E-state index contributed by atoms with van der Waals surface area (Å²) < 4.78 is 20.1. The molecule has 3 nitrogen and oxygen atoms in total. The normalized spacial score (nSPS) is 10.9. The van der Waals surface area contributed by atoms with E-state index in [1.54, 1.807) is 6.07 Å². The van der Waals surface area contributed by atoms with Crippen molar-refractivity contribution >= 4 is 31.5 Å². The van der Waals surface area contributed by atoms with Crippen LogP contribution < -0.4 is 0 Å². The van der Waals surface area contributed by atoms with Gasteiger partial charge in [-0.15, -0.1) is 0 Å². The van der Waals surface area contributed by atoms with Crippen LogP contribution in [0.25, 0.3) is 27.0 Å². The molecule has 0 saturated heterocycles. The monoisotopic (exact) mass is 333 g/mol. The lowest BCUT2D eigenvalue weighted by molar-refractivity contribution is 0.469. The molecule has 1 aromatic heterocycles. The molecule has 0 fully saturated rings. The molecule has 0 unspecified atom stereocenters. The van der Waals surface area contributed by atoms with Crippen LogP contribution in [-0.4, -0.2) is 10.1 Å². The van der Waals surface area contributed by atoms with Crippen LogP contribution in [0.3, 0.4) is 0 Å². The molecule has 0 radical (unpaired) electrons. The van der Waals surface area contributed by atoms with Crippen molar-refractivity contribution in [2.24, 2.45) is 0 Å². The average Bonchev–Trinajstić information content (AvgIpc) is 2.81. The quantitative estimate of drug-likeness (QED) is 0.739. The number of aromatic hydroxyl groups is 1. The van der Waals surface area contributed by atoms with Gasteiger partial charge in [0.05, 0.1) is 5.56 Å². The van der Waals surface area contributed by atoms with Crippen LogP contribution in [-0.2, 0) is 0 Å². The van der Waals surface area contributed by atoms with E-state index in [4.69, 9.17) is 4.42 Å². The Morgan fingerprint density at radius 1 is 1.30 bits per heavy atom.